The van der Waals surface area contributed by atoms with E-state index in [0.29, 0.717) is 5.75 Å². The predicted octanol–water partition coefficient (Wildman–Crippen LogP) is 2.72. The van der Waals surface area contributed by atoms with E-state index in [1.807, 2.05) is 42.5 Å². The van der Waals surface area contributed by atoms with Crippen LogP contribution in [0.1, 0.15) is 0 Å². The van der Waals surface area contributed by atoms with Gasteiger partial charge in [0.15, 0.2) is 0 Å². The number of amides is 1. The minimum absolute atomic E-state index is 0.0816. The molecular weight excluding hydrogens is 450 g/mol. The highest BCUT2D eigenvalue weighted by atomic mass is 32.2. The van der Waals surface area contributed by atoms with Gasteiger partial charge in [0, 0.05) is 17.5 Å². The van der Waals surface area contributed by atoms with Crippen LogP contribution in [0.2, 0.25) is 0 Å². The molecule has 11 heteroatoms. The number of methoxy groups -OCH3 is 1. The van der Waals surface area contributed by atoms with Crippen LogP contribution in [0, 0.1) is 10.1 Å². The first-order valence-electron chi connectivity index (χ1n) is 9.88. The number of nitrogens with zero attached hydrogens (tertiary/aromatic N) is 2. The highest BCUT2D eigenvalue weighted by molar-refractivity contribution is 7.92. The lowest BCUT2D eigenvalue weighted by Crippen LogP contribution is -2.41. The van der Waals surface area contributed by atoms with E-state index in [4.69, 9.17) is 9.47 Å². The Balaban J connectivity index is 1.67. The number of carbonyl (C=O) groups is 1. The van der Waals surface area contributed by atoms with E-state index >= 15 is 0 Å². The second-order valence-corrected chi connectivity index (χ2v) is 8.97. The number of carbonyl (C=O) groups excluding carboxylic acids is 1. The van der Waals surface area contributed by atoms with Gasteiger partial charge in [-0.15, -0.1) is 0 Å². The van der Waals surface area contributed by atoms with Gasteiger partial charge in [0.2, 0.25) is 15.9 Å². The van der Waals surface area contributed by atoms with Crippen molar-refractivity contribution in [2.45, 2.75) is 0 Å². The fourth-order valence-corrected chi connectivity index (χ4v) is 4.08. The maximum absolute atomic E-state index is 12.5. The minimum atomic E-state index is -3.95. The van der Waals surface area contributed by atoms with Crippen LogP contribution in [0.4, 0.5) is 11.4 Å². The molecular formula is C22H23N3O7S. The van der Waals surface area contributed by atoms with Crippen LogP contribution in [-0.2, 0) is 14.8 Å². The molecule has 3 aromatic rings. The number of hydrogen-bond acceptors (Lipinski definition) is 7. The number of ether oxygens (including phenoxy) is 2. The Hall–Kier alpha value is -3.86. The first-order chi connectivity index (χ1) is 15.7. The number of nitro benzene ring substituents is 1. The molecule has 1 amide bonds. The number of benzene rings is 3. The molecule has 0 saturated carbocycles. The van der Waals surface area contributed by atoms with E-state index in [1.165, 1.54) is 19.2 Å². The van der Waals surface area contributed by atoms with Crippen molar-refractivity contribution in [3.63, 3.8) is 0 Å². The number of fused-ring (bicyclic) bond motifs is 1. The third-order valence-electron chi connectivity index (χ3n) is 4.76. The first kappa shape index (κ1) is 23.8. The van der Waals surface area contributed by atoms with Crippen LogP contribution < -0.4 is 19.1 Å². The van der Waals surface area contributed by atoms with Crippen molar-refractivity contribution in [3.8, 4) is 11.5 Å². The third-order valence-corrected chi connectivity index (χ3v) is 5.89. The number of non-ortho nitro benzene ring substituents is 1. The molecule has 0 spiro atoms. The molecule has 0 fully saturated rings. The monoisotopic (exact) mass is 473 g/mol. The lowest BCUT2D eigenvalue weighted by atomic mass is 10.1. The smallest absolute Gasteiger partial charge is 0.271 e. The summed E-state index contributed by atoms with van der Waals surface area (Å²) in [6.07, 6.45) is 0.905. The molecule has 0 aliphatic heterocycles. The van der Waals surface area contributed by atoms with Crippen LogP contribution in [0.15, 0.2) is 60.7 Å². The summed E-state index contributed by atoms with van der Waals surface area (Å²) in [4.78, 5) is 22.9. The zero-order valence-electron chi connectivity index (χ0n) is 18.1. The summed E-state index contributed by atoms with van der Waals surface area (Å²) in [6.45, 7) is -0.283. The van der Waals surface area contributed by atoms with E-state index in [9.17, 15) is 23.3 Å². The number of hydrogen-bond donors (Lipinski definition) is 1. The number of rotatable bonds is 10. The second kappa shape index (κ2) is 10.2. The van der Waals surface area contributed by atoms with E-state index in [0.717, 1.165) is 27.4 Å². The van der Waals surface area contributed by atoms with Crippen LogP contribution in [-0.4, -0.2) is 52.3 Å². The van der Waals surface area contributed by atoms with Gasteiger partial charge < -0.3 is 14.8 Å². The zero-order chi connectivity index (χ0) is 24.0. The molecule has 10 nitrogen and oxygen atoms in total. The maximum atomic E-state index is 12.5. The fourth-order valence-electron chi connectivity index (χ4n) is 3.23. The zero-order valence-corrected chi connectivity index (χ0v) is 18.9. The van der Waals surface area contributed by atoms with Gasteiger partial charge in [-0.2, -0.15) is 0 Å². The Morgan fingerprint density at radius 1 is 1.09 bits per heavy atom. The quantitative estimate of drug-likeness (QED) is 0.272. The molecule has 174 valence electrons. The van der Waals surface area contributed by atoms with Crippen molar-refractivity contribution in [3.05, 3.63) is 70.8 Å². The SMILES string of the molecule is COc1ccc([N+](=O)[O-])cc1N(CC(=O)NCCOc1cccc2ccccc12)S(C)(=O)=O. The number of nitrogens with one attached hydrogen (secondary N) is 1. The topological polar surface area (TPSA) is 128 Å². The van der Waals surface area contributed by atoms with Crippen LogP contribution in [0.5, 0.6) is 11.5 Å². The summed E-state index contributed by atoms with van der Waals surface area (Å²) in [5.41, 5.74) is -0.431. The third kappa shape index (κ3) is 5.89. The van der Waals surface area contributed by atoms with Gasteiger partial charge in [-0.3, -0.25) is 19.2 Å². The largest absolute Gasteiger partial charge is 0.495 e. The van der Waals surface area contributed by atoms with Gasteiger partial charge in [-0.05, 0) is 17.5 Å². The molecule has 3 aromatic carbocycles. The first-order valence-corrected chi connectivity index (χ1v) is 11.7. The predicted molar refractivity (Wildman–Crippen MR) is 124 cm³/mol. The summed E-state index contributed by atoms with van der Waals surface area (Å²) in [6, 6.07) is 16.9. The highest BCUT2D eigenvalue weighted by Crippen LogP contribution is 2.33. The van der Waals surface area contributed by atoms with Gasteiger partial charge in [0.25, 0.3) is 5.69 Å². The summed E-state index contributed by atoms with van der Waals surface area (Å²) in [5.74, 6) is 0.148. The Morgan fingerprint density at radius 2 is 1.82 bits per heavy atom. The maximum Gasteiger partial charge on any atom is 0.271 e. The van der Waals surface area contributed by atoms with Gasteiger partial charge in [-0.25, -0.2) is 8.42 Å². The number of anilines is 1. The standard InChI is InChI=1S/C22H23N3O7S/c1-31-21-11-10-17(25(27)28)14-19(21)24(33(2,29)30)15-22(26)23-12-13-32-20-9-5-7-16-6-3-4-8-18(16)20/h3-11,14H,12-13,15H2,1-2H3,(H,23,26). The highest BCUT2D eigenvalue weighted by Gasteiger charge is 2.26. The van der Waals surface area contributed by atoms with E-state index < -0.39 is 27.4 Å². The molecule has 0 aliphatic carbocycles. The molecule has 0 aromatic heterocycles. The molecule has 1 N–H and O–H groups in total. The Labute approximate surface area is 190 Å². The molecule has 0 radical (unpaired) electrons. The summed E-state index contributed by atoms with van der Waals surface area (Å²) >= 11 is 0. The Kier molecular flexibility index (Phi) is 7.34. The molecule has 0 heterocycles. The molecule has 0 aliphatic rings. The second-order valence-electron chi connectivity index (χ2n) is 7.06. The molecule has 33 heavy (non-hydrogen) atoms. The average molecular weight is 474 g/mol. The fraction of sp³-hybridized carbons (Fsp3) is 0.227. The van der Waals surface area contributed by atoms with Crippen LogP contribution in [0.25, 0.3) is 10.8 Å². The number of nitro groups is 1. The lowest BCUT2D eigenvalue weighted by Gasteiger charge is -2.23. The van der Waals surface area contributed by atoms with E-state index in [2.05, 4.69) is 5.32 Å². The van der Waals surface area contributed by atoms with E-state index in [1.54, 1.807) is 0 Å². The Morgan fingerprint density at radius 3 is 2.52 bits per heavy atom. The Bertz CT molecular complexity index is 1270. The normalized spacial score (nSPS) is 11.1. The molecule has 0 atom stereocenters. The van der Waals surface area contributed by atoms with Gasteiger partial charge in [-0.1, -0.05) is 36.4 Å². The molecule has 0 unspecified atom stereocenters. The van der Waals surface area contributed by atoms with Gasteiger partial charge in [0.1, 0.15) is 30.3 Å². The van der Waals surface area contributed by atoms with Crippen LogP contribution in [0.3, 0.4) is 0 Å². The van der Waals surface area contributed by atoms with Crippen molar-refractivity contribution in [2.24, 2.45) is 0 Å². The van der Waals surface area contributed by atoms with E-state index in [-0.39, 0.29) is 30.3 Å². The molecule has 0 saturated heterocycles. The lowest BCUT2D eigenvalue weighted by molar-refractivity contribution is -0.384. The molecule has 0 bridgehead atoms. The van der Waals surface area contributed by atoms with Gasteiger partial charge in [0.05, 0.1) is 24.8 Å². The number of sulfonamides is 1. The summed E-state index contributed by atoms with van der Waals surface area (Å²) < 4.78 is 36.4. The summed E-state index contributed by atoms with van der Waals surface area (Å²) in [5, 5.41) is 15.7. The van der Waals surface area contributed by atoms with Crippen molar-refractivity contribution >= 4 is 38.1 Å². The van der Waals surface area contributed by atoms with Crippen molar-refractivity contribution in [1.29, 1.82) is 0 Å². The average Bonchev–Trinajstić information content (AvgIpc) is 2.79. The van der Waals surface area contributed by atoms with Crippen LogP contribution >= 0.6 is 0 Å². The van der Waals surface area contributed by atoms with Gasteiger partial charge >= 0.3 is 0 Å². The van der Waals surface area contributed by atoms with Crippen molar-refractivity contribution in [2.75, 3.05) is 37.4 Å². The summed E-state index contributed by atoms with van der Waals surface area (Å²) in [7, 11) is -2.65. The van der Waals surface area contributed by atoms with Crippen molar-refractivity contribution in [1.82, 2.24) is 5.32 Å². The minimum Gasteiger partial charge on any atom is -0.495 e. The molecule has 3 rings (SSSR count). The van der Waals surface area contributed by atoms with Crippen molar-refractivity contribution < 1.29 is 27.6 Å².